The zero-order valence-electron chi connectivity index (χ0n) is 37.0. The van der Waals surface area contributed by atoms with Crippen molar-refractivity contribution >= 4 is 11.8 Å². The summed E-state index contributed by atoms with van der Waals surface area (Å²) in [6, 6.07) is 58.9. The Balaban J connectivity index is 1.08. The average Bonchev–Trinajstić information content (AvgIpc) is 3.77. The number of aliphatic hydroxyl groups excluding tert-OH is 1. The monoisotopic (exact) mass is 892 g/mol. The Hall–Kier alpha value is -7.89. The number of rotatable bonds is 22. The van der Waals surface area contributed by atoms with Gasteiger partial charge in [-0.1, -0.05) is 151 Å². The third kappa shape index (κ3) is 11.9. The van der Waals surface area contributed by atoms with Gasteiger partial charge in [0.1, 0.15) is 19.0 Å². The molecule has 0 spiro atoms. The van der Waals surface area contributed by atoms with E-state index in [9.17, 15) is 10.6 Å². The molecule has 7 aromatic rings. The topological polar surface area (TPSA) is 159 Å². The first-order chi connectivity index (χ1) is 33.0. The highest BCUT2D eigenvalue weighted by Crippen LogP contribution is 2.43. The number of amides is 1. The summed E-state index contributed by atoms with van der Waals surface area (Å²) in [5.74, 6) is 1.77. The Labute approximate surface area is 390 Å². The molecule has 3 N–H and O–H groups in total. The highest BCUT2D eigenvalue weighted by atomic mass is 16.5. The minimum absolute atomic E-state index is 0.0324. The smallest absolute Gasteiger partial charge is 0.266 e. The highest BCUT2D eigenvalue weighted by Gasteiger charge is 2.53. The Kier molecular flexibility index (Phi) is 15.6. The summed E-state index contributed by atoms with van der Waals surface area (Å²) in [6.07, 6.45) is 0.317. The number of carbonyl (C=O) groups excluding carboxylic acids is 1. The number of azide groups is 1. The van der Waals surface area contributed by atoms with Gasteiger partial charge >= 0.3 is 0 Å². The Morgan fingerprint density at radius 1 is 0.687 bits per heavy atom. The lowest BCUT2D eigenvalue weighted by Crippen LogP contribution is -2.54. The van der Waals surface area contributed by atoms with Gasteiger partial charge < -0.3 is 24.1 Å². The molecule has 12 heteroatoms. The Morgan fingerprint density at radius 3 is 1.97 bits per heavy atom. The van der Waals surface area contributed by atoms with Crippen molar-refractivity contribution in [3.8, 4) is 28.4 Å². The molecule has 1 aliphatic rings. The van der Waals surface area contributed by atoms with Crippen LogP contribution < -0.4 is 25.1 Å². The number of hydrogen-bond donors (Lipinski definition) is 3. The van der Waals surface area contributed by atoms with Crippen LogP contribution in [0.5, 0.6) is 17.2 Å². The van der Waals surface area contributed by atoms with E-state index >= 15 is 4.79 Å². The zero-order chi connectivity index (χ0) is 46.1. The van der Waals surface area contributed by atoms with Gasteiger partial charge in [0.05, 0.1) is 13.2 Å². The number of aliphatic imine (C=N–C) groups is 1. The molecule has 0 unspecified atom stereocenters. The minimum atomic E-state index is -1.53. The third-order valence-corrected chi connectivity index (χ3v) is 11.5. The molecule has 67 heavy (non-hydrogen) atoms. The van der Waals surface area contributed by atoms with E-state index in [1.54, 1.807) is 0 Å². The Bertz CT molecular complexity index is 2770. The molecule has 1 amide bonds. The van der Waals surface area contributed by atoms with Crippen LogP contribution in [0.2, 0.25) is 0 Å². The number of hydrogen-bond acceptors (Lipinski definition) is 9. The van der Waals surface area contributed by atoms with Gasteiger partial charge in [-0.3, -0.25) is 10.2 Å². The molecular formula is C55H52N6O6. The lowest BCUT2D eigenvalue weighted by molar-refractivity contribution is -0.130. The van der Waals surface area contributed by atoms with Crippen LogP contribution in [0.15, 0.2) is 192 Å². The predicted octanol–water partition coefficient (Wildman–Crippen LogP) is 10.4. The fraction of sp³-hybridized carbons (Fsp3) is 0.200. The normalized spacial score (nSPS) is 15.1. The summed E-state index contributed by atoms with van der Waals surface area (Å²) in [5, 5.41) is 13.1. The molecule has 1 heterocycles. The second-order valence-electron chi connectivity index (χ2n) is 16.1. The van der Waals surface area contributed by atoms with Gasteiger partial charge in [0.2, 0.25) is 5.90 Å². The molecule has 0 aromatic heterocycles. The molecule has 0 radical (unpaired) electrons. The molecule has 0 saturated heterocycles. The third-order valence-electron chi connectivity index (χ3n) is 11.5. The lowest BCUT2D eigenvalue weighted by Gasteiger charge is -2.31. The van der Waals surface area contributed by atoms with E-state index in [0.717, 1.165) is 44.5 Å². The van der Waals surface area contributed by atoms with Crippen LogP contribution in [-0.2, 0) is 42.1 Å². The van der Waals surface area contributed by atoms with Gasteiger partial charge in [0, 0.05) is 36.5 Å². The first-order valence-electron chi connectivity index (χ1n) is 22.3. The van der Waals surface area contributed by atoms with E-state index in [2.05, 4.69) is 33.0 Å². The van der Waals surface area contributed by atoms with Gasteiger partial charge in [0.15, 0.2) is 23.1 Å². The van der Waals surface area contributed by atoms with Crippen molar-refractivity contribution in [2.24, 2.45) is 10.1 Å². The van der Waals surface area contributed by atoms with E-state index in [4.69, 9.17) is 23.9 Å². The molecule has 7 aromatic carbocycles. The van der Waals surface area contributed by atoms with Crippen molar-refractivity contribution in [1.29, 1.82) is 0 Å². The molecule has 338 valence electrons. The zero-order valence-corrected chi connectivity index (χ0v) is 37.0. The van der Waals surface area contributed by atoms with Crippen molar-refractivity contribution in [2.45, 2.75) is 50.7 Å². The number of nitrogens with one attached hydrogen (secondary N) is 2. The predicted molar refractivity (Wildman–Crippen MR) is 259 cm³/mol. The largest absolute Gasteiger partial charge is 0.494 e. The van der Waals surface area contributed by atoms with Crippen LogP contribution >= 0.6 is 0 Å². The van der Waals surface area contributed by atoms with Crippen LogP contribution in [0, 0.1) is 0 Å². The molecule has 1 aliphatic heterocycles. The van der Waals surface area contributed by atoms with E-state index in [0.29, 0.717) is 67.9 Å². The Morgan fingerprint density at radius 2 is 1.30 bits per heavy atom. The summed E-state index contributed by atoms with van der Waals surface area (Å²) in [7, 11) is 0. The summed E-state index contributed by atoms with van der Waals surface area (Å²) < 4.78 is 25.2. The van der Waals surface area contributed by atoms with Crippen LogP contribution in [0.3, 0.4) is 0 Å². The summed E-state index contributed by atoms with van der Waals surface area (Å²) in [4.78, 5) is 23.4. The molecule has 12 nitrogen and oxygen atoms in total. The number of nitrogens with zero attached hydrogens (tertiary/aromatic N) is 4. The highest BCUT2D eigenvalue weighted by molar-refractivity contribution is 6.01. The number of benzene rings is 7. The van der Waals surface area contributed by atoms with Crippen molar-refractivity contribution < 1.29 is 28.8 Å². The summed E-state index contributed by atoms with van der Waals surface area (Å²) in [6.45, 7) is 1.65. The van der Waals surface area contributed by atoms with Gasteiger partial charge in [-0.2, -0.15) is 0 Å². The van der Waals surface area contributed by atoms with E-state index in [1.807, 2.05) is 170 Å². The lowest BCUT2D eigenvalue weighted by atomic mass is 9.80. The van der Waals surface area contributed by atoms with Gasteiger partial charge in [-0.15, -0.1) is 0 Å². The molecule has 0 bridgehead atoms. The number of hydrazine groups is 1. The fourth-order valence-electron chi connectivity index (χ4n) is 7.91. The quantitative estimate of drug-likeness (QED) is 0.0201. The minimum Gasteiger partial charge on any atom is -0.494 e. The molecule has 0 aliphatic carbocycles. The maximum Gasteiger partial charge on any atom is 0.266 e. The maximum atomic E-state index is 15.1. The van der Waals surface area contributed by atoms with Crippen LogP contribution in [0.1, 0.15) is 51.5 Å². The van der Waals surface area contributed by atoms with Gasteiger partial charge in [0.25, 0.3) is 5.91 Å². The van der Waals surface area contributed by atoms with Crippen molar-refractivity contribution in [3.05, 3.63) is 231 Å². The molecule has 0 saturated carbocycles. The van der Waals surface area contributed by atoms with Crippen LogP contribution in [-0.4, -0.2) is 42.2 Å². The van der Waals surface area contributed by atoms with Crippen molar-refractivity contribution in [3.63, 3.8) is 0 Å². The fourth-order valence-corrected chi connectivity index (χ4v) is 7.91. The van der Waals surface area contributed by atoms with Crippen LogP contribution in [0.25, 0.3) is 21.6 Å². The molecule has 2 atom stereocenters. The average molecular weight is 893 g/mol. The molecular weight excluding hydrogens is 841 g/mol. The van der Waals surface area contributed by atoms with Crippen molar-refractivity contribution in [2.75, 3.05) is 19.8 Å². The summed E-state index contributed by atoms with van der Waals surface area (Å²) in [5.41, 5.74) is 22.1. The first kappa shape index (κ1) is 45.7. The SMILES string of the molecule is [N-]=[N+]=NCc1ccccc1C[C@]1(C(=O)NNCCc2ccc(OCc3ccccc3)c(OCc3ccccc3)c2)N=C(c2ccc(OCCCO)cc2)O[C@H]1c1ccc(-c2ccccc2)cc1. The second-order valence-corrected chi connectivity index (χ2v) is 16.1. The standard InChI is InChI=1S/C55H52N6O6/c56-61-58-37-48-20-11-10-19-47(48)36-55(52(45-24-22-44(23-25-45)43-17-8-3-9-18-43)67-53(59-55)46-26-28-49(29-27-46)64-34-12-33-62)54(63)60-57-32-31-40-21-30-50(65-38-41-13-4-1-5-14-41)51(35-40)66-39-42-15-6-2-7-16-42/h1-11,13-30,35,52,57,62H,12,31-34,36-39H2,(H,60,63)/t52-,55-/m0/s1. The number of ether oxygens (including phenoxy) is 4. The molecule has 0 fully saturated rings. The second kappa shape index (κ2) is 22.8. The summed E-state index contributed by atoms with van der Waals surface area (Å²) >= 11 is 0. The van der Waals surface area contributed by atoms with Gasteiger partial charge in [-0.05, 0) is 92.9 Å². The maximum absolute atomic E-state index is 15.1. The van der Waals surface area contributed by atoms with Gasteiger partial charge in [-0.25, -0.2) is 10.4 Å². The van der Waals surface area contributed by atoms with E-state index in [-0.39, 0.29) is 19.6 Å². The molecule has 8 rings (SSSR count). The first-order valence-corrected chi connectivity index (χ1v) is 22.3. The van der Waals surface area contributed by atoms with Crippen molar-refractivity contribution in [1.82, 2.24) is 10.9 Å². The van der Waals surface area contributed by atoms with E-state index in [1.165, 1.54) is 0 Å². The number of aliphatic hydroxyl groups is 1. The van der Waals surface area contributed by atoms with Crippen LogP contribution in [0.4, 0.5) is 0 Å². The number of carbonyl (C=O) groups is 1. The van der Waals surface area contributed by atoms with E-state index < -0.39 is 17.6 Å².